The number of thiazole rings is 1. The molecule has 42 heavy (non-hydrogen) atoms. The molecule has 0 radical (unpaired) electrons. The largest absolute Gasteiger partial charge is 0.478 e. The highest BCUT2D eigenvalue weighted by Crippen LogP contribution is 2.29. The molecule has 0 saturated carbocycles. The summed E-state index contributed by atoms with van der Waals surface area (Å²) in [4.78, 5) is 35.8. The number of carbonyl (C=O) groups excluding carboxylic acids is 1. The number of nitrogens with two attached hydrogens (primary N) is 1. The standard InChI is InChI=1S/C29H23F2N5O5S/c30-20-11-19(22-2-1-3-26(35-22)41-13-17-14-42-28(33-17)27(32)37)21(31)8-16(20)10-25-34-23-5-4-15(29(38)39)9-24(23)36(25)12-18-6-7-40-18/h1-5,8-9,11,14,18H,6-7,10,12-13H2,(H2,32,37)(H,38,39)/t18-/m0/s1. The van der Waals surface area contributed by atoms with Gasteiger partial charge in [0.15, 0.2) is 5.01 Å². The fraction of sp³-hybridized carbons (Fsp3) is 0.207. The number of fused-ring (bicyclic) bond motifs is 1. The summed E-state index contributed by atoms with van der Waals surface area (Å²) in [7, 11) is 0. The monoisotopic (exact) mass is 591 g/mol. The van der Waals surface area contributed by atoms with Gasteiger partial charge in [-0.2, -0.15) is 0 Å². The van der Waals surface area contributed by atoms with Gasteiger partial charge in [-0.25, -0.2) is 28.5 Å². The molecule has 3 aromatic heterocycles. The fourth-order valence-corrected chi connectivity index (χ4v) is 5.30. The highest BCUT2D eigenvalue weighted by atomic mass is 32.1. The third-order valence-electron chi connectivity index (χ3n) is 6.87. The number of imidazole rings is 1. The van der Waals surface area contributed by atoms with Crippen molar-refractivity contribution in [3.63, 3.8) is 0 Å². The maximum Gasteiger partial charge on any atom is 0.335 e. The summed E-state index contributed by atoms with van der Waals surface area (Å²) in [6.07, 6.45) is 0.744. The molecule has 10 nitrogen and oxygen atoms in total. The summed E-state index contributed by atoms with van der Waals surface area (Å²) in [6.45, 7) is 1.06. The van der Waals surface area contributed by atoms with E-state index in [0.29, 0.717) is 35.7 Å². The molecule has 214 valence electrons. The molecular formula is C29H23F2N5O5S. The zero-order valence-corrected chi connectivity index (χ0v) is 22.7. The van der Waals surface area contributed by atoms with Gasteiger partial charge in [-0.05, 0) is 48.4 Å². The first-order valence-corrected chi connectivity index (χ1v) is 13.8. The number of ether oxygens (including phenoxy) is 2. The van der Waals surface area contributed by atoms with Gasteiger partial charge in [0.25, 0.3) is 5.91 Å². The first kappa shape index (κ1) is 27.4. The number of carboxylic acid groups (broad SMARTS) is 1. The number of aromatic nitrogens is 4. The number of amides is 1. The normalized spacial score (nSPS) is 14.6. The predicted octanol–water partition coefficient (Wildman–Crippen LogP) is 4.59. The Hall–Kier alpha value is -4.75. The molecule has 1 atom stereocenters. The number of carbonyl (C=O) groups is 2. The van der Waals surface area contributed by atoms with Crippen LogP contribution < -0.4 is 10.5 Å². The lowest BCUT2D eigenvalue weighted by Gasteiger charge is -2.27. The predicted molar refractivity (Wildman–Crippen MR) is 148 cm³/mol. The van der Waals surface area contributed by atoms with Crippen molar-refractivity contribution in [2.24, 2.45) is 5.73 Å². The average Bonchev–Trinajstić information content (AvgIpc) is 3.56. The third-order valence-corrected chi connectivity index (χ3v) is 7.77. The Morgan fingerprint density at radius 2 is 1.95 bits per heavy atom. The quantitative estimate of drug-likeness (QED) is 0.240. The van der Waals surface area contributed by atoms with Gasteiger partial charge in [0.2, 0.25) is 5.88 Å². The summed E-state index contributed by atoms with van der Waals surface area (Å²) in [5.74, 6) is -2.41. The van der Waals surface area contributed by atoms with Crippen LogP contribution in [0.5, 0.6) is 5.88 Å². The molecule has 3 N–H and O–H groups in total. The Balaban J connectivity index is 1.26. The van der Waals surface area contributed by atoms with E-state index in [9.17, 15) is 14.7 Å². The molecule has 0 bridgehead atoms. The number of rotatable bonds is 10. The van der Waals surface area contributed by atoms with Gasteiger partial charge in [0.1, 0.15) is 24.1 Å². The average molecular weight is 592 g/mol. The van der Waals surface area contributed by atoms with Gasteiger partial charge < -0.3 is 24.9 Å². The number of pyridine rings is 1. The van der Waals surface area contributed by atoms with E-state index in [1.165, 1.54) is 18.2 Å². The van der Waals surface area contributed by atoms with Crippen LogP contribution in [-0.4, -0.2) is 49.2 Å². The van der Waals surface area contributed by atoms with Crippen LogP contribution in [0, 0.1) is 11.6 Å². The Morgan fingerprint density at radius 1 is 1.12 bits per heavy atom. The summed E-state index contributed by atoms with van der Waals surface area (Å²) >= 11 is 1.10. The number of aromatic carboxylic acids is 1. The molecule has 0 unspecified atom stereocenters. The number of primary amides is 1. The Morgan fingerprint density at radius 3 is 2.67 bits per heavy atom. The van der Waals surface area contributed by atoms with Crippen LogP contribution in [0.15, 0.2) is 53.9 Å². The maximum absolute atomic E-state index is 15.4. The van der Waals surface area contributed by atoms with E-state index in [2.05, 4.69) is 15.0 Å². The minimum Gasteiger partial charge on any atom is -0.478 e. The molecule has 1 fully saturated rings. The number of carboxylic acids is 1. The second kappa shape index (κ2) is 11.3. The van der Waals surface area contributed by atoms with E-state index >= 15 is 8.78 Å². The SMILES string of the molecule is NC(=O)c1nc(COc2cccc(-c3cc(F)c(Cc4nc5ccc(C(=O)O)cc5n4C[C@@H]4CCO4)cc3F)n2)cs1. The molecule has 1 aliphatic heterocycles. The zero-order valence-electron chi connectivity index (χ0n) is 21.9. The molecule has 1 aliphatic rings. The van der Waals surface area contributed by atoms with E-state index in [0.717, 1.165) is 29.9 Å². The molecule has 1 saturated heterocycles. The molecular weight excluding hydrogens is 568 g/mol. The lowest BCUT2D eigenvalue weighted by molar-refractivity contribution is -0.0589. The number of hydrogen-bond donors (Lipinski definition) is 2. The molecule has 0 aliphatic carbocycles. The summed E-state index contributed by atoms with van der Waals surface area (Å²) in [6, 6.07) is 11.5. The van der Waals surface area contributed by atoms with Crippen LogP contribution in [0.1, 0.15) is 43.7 Å². The van der Waals surface area contributed by atoms with Crippen molar-refractivity contribution in [1.29, 1.82) is 0 Å². The van der Waals surface area contributed by atoms with Crippen molar-refractivity contribution >= 4 is 34.2 Å². The highest BCUT2D eigenvalue weighted by molar-refractivity contribution is 7.11. The van der Waals surface area contributed by atoms with Crippen molar-refractivity contribution in [2.45, 2.75) is 32.1 Å². The van der Waals surface area contributed by atoms with E-state index in [1.807, 2.05) is 4.57 Å². The molecule has 5 aromatic rings. The van der Waals surface area contributed by atoms with Gasteiger partial charge in [0.05, 0.1) is 40.6 Å². The Labute approximate surface area is 241 Å². The molecule has 0 spiro atoms. The number of hydrogen-bond acceptors (Lipinski definition) is 8. The minimum atomic E-state index is -1.07. The van der Waals surface area contributed by atoms with Gasteiger partial charge in [0, 0.05) is 30.0 Å². The van der Waals surface area contributed by atoms with Crippen molar-refractivity contribution in [1.82, 2.24) is 19.5 Å². The first-order chi connectivity index (χ1) is 20.2. The van der Waals surface area contributed by atoms with Crippen LogP contribution in [-0.2, 0) is 24.3 Å². The second-order valence-electron chi connectivity index (χ2n) is 9.69. The minimum absolute atomic E-state index is 0.0108. The Bertz CT molecular complexity index is 1830. The topological polar surface area (TPSA) is 142 Å². The molecule has 1 amide bonds. The van der Waals surface area contributed by atoms with E-state index in [-0.39, 0.29) is 52.4 Å². The highest BCUT2D eigenvalue weighted by Gasteiger charge is 2.24. The molecule has 2 aromatic carbocycles. The summed E-state index contributed by atoms with van der Waals surface area (Å²) in [5.41, 5.74) is 7.16. The number of halogens is 2. The van der Waals surface area contributed by atoms with Crippen molar-refractivity contribution in [3.05, 3.63) is 93.2 Å². The lowest BCUT2D eigenvalue weighted by Crippen LogP contribution is -2.31. The van der Waals surface area contributed by atoms with Crippen molar-refractivity contribution in [3.8, 4) is 17.1 Å². The molecule has 6 rings (SSSR count). The van der Waals surface area contributed by atoms with E-state index in [1.54, 1.807) is 23.6 Å². The van der Waals surface area contributed by atoms with Crippen LogP contribution in [0.2, 0.25) is 0 Å². The second-order valence-corrected chi connectivity index (χ2v) is 10.5. The van der Waals surface area contributed by atoms with Gasteiger partial charge in [-0.15, -0.1) is 11.3 Å². The zero-order chi connectivity index (χ0) is 29.4. The van der Waals surface area contributed by atoms with Gasteiger partial charge >= 0.3 is 5.97 Å². The number of nitrogens with zero attached hydrogens (tertiary/aromatic N) is 4. The first-order valence-electron chi connectivity index (χ1n) is 12.9. The summed E-state index contributed by atoms with van der Waals surface area (Å²) < 4.78 is 43.8. The van der Waals surface area contributed by atoms with Gasteiger partial charge in [-0.1, -0.05) is 6.07 Å². The van der Waals surface area contributed by atoms with Crippen LogP contribution in [0.25, 0.3) is 22.3 Å². The van der Waals surface area contributed by atoms with Crippen LogP contribution >= 0.6 is 11.3 Å². The Kier molecular flexibility index (Phi) is 7.35. The third kappa shape index (κ3) is 5.56. The summed E-state index contributed by atoms with van der Waals surface area (Å²) in [5, 5.41) is 11.2. The van der Waals surface area contributed by atoms with Gasteiger partial charge in [-0.3, -0.25) is 4.79 Å². The molecule has 13 heteroatoms. The van der Waals surface area contributed by atoms with Crippen LogP contribution in [0.3, 0.4) is 0 Å². The van der Waals surface area contributed by atoms with Crippen LogP contribution in [0.4, 0.5) is 8.78 Å². The number of benzene rings is 2. The van der Waals surface area contributed by atoms with Crippen molar-refractivity contribution < 1.29 is 33.0 Å². The fourth-order valence-electron chi connectivity index (χ4n) is 4.65. The lowest BCUT2D eigenvalue weighted by atomic mass is 10.0. The van der Waals surface area contributed by atoms with Crippen molar-refractivity contribution in [2.75, 3.05) is 6.61 Å². The smallest absolute Gasteiger partial charge is 0.335 e. The van der Waals surface area contributed by atoms with E-state index in [4.69, 9.17) is 15.2 Å². The maximum atomic E-state index is 15.4. The van der Waals surface area contributed by atoms with E-state index < -0.39 is 23.5 Å². The molecule has 4 heterocycles.